The molecule has 38 heavy (non-hydrogen) atoms. The van der Waals surface area contributed by atoms with Crippen molar-refractivity contribution in [3.63, 3.8) is 0 Å². The van der Waals surface area contributed by atoms with Gasteiger partial charge in [-0.15, -0.1) is 0 Å². The van der Waals surface area contributed by atoms with Gasteiger partial charge in [-0.2, -0.15) is 15.2 Å². The number of aromatic nitrogens is 4. The Bertz CT molecular complexity index is 1330. The van der Waals surface area contributed by atoms with E-state index in [1.165, 1.54) is 37.9 Å². The molecule has 2 aliphatic heterocycles. The van der Waals surface area contributed by atoms with Gasteiger partial charge in [-0.3, -0.25) is 25.0 Å². The van der Waals surface area contributed by atoms with Gasteiger partial charge in [0, 0.05) is 38.3 Å². The third-order valence-corrected chi connectivity index (χ3v) is 8.25. The van der Waals surface area contributed by atoms with Crippen LogP contribution >= 0.6 is 0 Å². The predicted molar refractivity (Wildman–Crippen MR) is 144 cm³/mol. The number of nitrogens with one attached hydrogen (secondary N) is 1. The maximum atomic E-state index is 13.5. The zero-order valence-corrected chi connectivity index (χ0v) is 22.0. The van der Waals surface area contributed by atoms with Gasteiger partial charge in [0.15, 0.2) is 17.0 Å². The minimum atomic E-state index is -0.193. The highest BCUT2D eigenvalue weighted by Crippen LogP contribution is 2.29. The molecule has 2 aromatic heterocycles. The minimum Gasteiger partial charge on any atom is -0.318 e. The Hall–Kier alpha value is -3.55. The first kappa shape index (κ1) is 24.8. The molecular weight excluding hydrogens is 478 g/mol. The van der Waals surface area contributed by atoms with Gasteiger partial charge in [0.1, 0.15) is 6.07 Å². The SMILES string of the molecule is Cn1cnc2c(N(NC(=O)c3ccc(CN4CC(N5CCCC5)C4)cc3)C3CCCCC3)nc(C#N)nc21. The summed E-state index contributed by atoms with van der Waals surface area (Å²) in [5.74, 6) is 0.351. The molecule has 10 nitrogen and oxygen atoms in total. The van der Waals surface area contributed by atoms with Crippen LogP contribution in [0.1, 0.15) is 66.7 Å². The minimum absolute atomic E-state index is 0.0634. The van der Waals surface area contributed by atoms with Crippen LogP contribution < -0.4 is 10.4 Å². The van der Waals surface area contributed by atoms with E-state index in [0.717, 1.165) is 45.3 Å². The number of hydrogen-bond donors (Lipinski definition) is 1. The van der Waals surface area contributed by atoms with Crippen LogP contribution in [0.3, 0.4) is 0 Å². The Labute approximate surface area is 223 Å². The average Bonchev–Trinajstić information content (AvgIpc) is 3.59. The second-order valence-electron chi connectivity index (χ2n) is 10.9. The van der Waals surface area contributed by atoms with Crippen molar-refractivity contribution in [1.82, 2.24) is 34.7 Å². The maximum absolute atomic E-state index is 13.5. The van der Waals surface area contributed by atoms with Gasteiger partial charge in [-0.1, -0.05) is 31.4 Å². The molecule has 1 aromatic carbocycles. The fraction of sp³-hybridized carbons (Fsp3) is 0.536. The normalized spacial score (nSPS) is 19.4. The number of nitriles is 1. The Morgan fingerprint density at radius 1 is 1.08 bits per heavy atom. The number of nitrogens with zero attached hydrogens (tertiary/aromatic N) is 8. The van der Waals surface area contributed by atoms with Gasteiger partial charge in [0.2, 0.25) is 5.82 Å². The van der Waals surface area contributed by atoms with E-state index in [4.69, 9.17) is 0 Å². The predicted octanol–water partition coefficient (Wildman–Crippen LogP) is 3.00. The molecule has 0 atom stereocenters. The highest BCUT2D eigenvalue weighted by atomic mass is 16.2. The second kappa shape index (κ2) is 10.7. The summed E-state index contributed by atoms with van der Waals surface area (Å²) < 4.78 is 1.77. The first-order valence-corrected chi connectivity index (χ1v) is 13.8. The fourth-order valence-corrected chi connectivity index (χ4v) is 6.07. The van der Waals surface area contributed by atoms with E-state index in [1.807, 2.05) is 24.2 Å². The number of carbonyl (C=O) groups is 1. The Kier molecular flexibility index (Phi) is 6.96. The topological polar surface area (TPSA) is 106 Å². The number of anilines is 1. The summed E-state index contributed by atoms with van der Waals surface area (Å²) in [5.41, 5.74) is 6.09. The molecule has 4 heterocycles. The van der Waals surface area contributed by atoms with E-state index >= 15 is 0 Å². The van der Waals surface area contributed by atoms with Gasteiger partial charge in [-0.25, -0.2) is 4.98 Å². The van der Waals surface area contributed by atoms with Crippen LogP contribution in [0.2, 0.25) is 0 Å². The molecule has 0 spiro atoms. The second-order valence-corrected chi connectivity index (χ2v) is 10.9. The number of aryl methyl sites for hydroxylation is 1. The molecule has 2 saturated heterocycles. The van der Waals surface area contributed by atoms with Crippen molar-refractivity contribution in [3.05, 3.63) is 47.5 Å². The molecule has 1 aliphatic carbocycles. The fourth-order valence-electron chi connectivity index (χ4n) is 6.07. The molecule has 198 valence electrons. The quantitative estimate of drug-likeness (QED) is 0.481. The maximum Gasteiger partial charge on any atom is 0.269 e. The zero-order valence-electron chi connectivity index (χ0n) is 22.0. The number of rotatable bonds is 7. The third-order valence-electron chi connectivity index (χ3n) is 8.25. The summed E-state index contributed by atoms with van der Waals surface area (Å²) in [6.45, 7) is 5.67. The van der Waals surface area contributed by atoms with Gasteiger partial charge < -0.3 is 4.57 Å². The smallest absolute Gasteiger partial charge is 0.269 e. The van der Waals surface area contributed by atoms with Crippen LogP contribution in [-0.4, -0.2) is 73.5 Å². The lowest BCUT2D eigenvalue weighted by Crippen LogP contribution is -2.58. The number of hydrogen-bond acceptors (Lipinski definition) is 8. The van der Waals surface area contributed by atoms with E-state index in [-0.39, 0.29) is 17.8 Å². The molecule has 0 unspecified atom stereocenters. The summed E-state index contributed by atoms with van der Waals surface area (Å²) in [7, 11) is 1.84. The number of benzene rings is 1. The van der Waals surface area contributed by atoms with Gasteiger partial charge in [0.05, 0.1) is 12.4 Å². The van der Waals surface area contributed by atoms with Crippen LogP contribution in [0.15, 0.2) is 30.6 Å². The number of carbonyl (C=O) groups excluding carboxylic acids is 1. The molecule has 3 aliphatic rings. The van der Waals surface area contributed by atoms with Crippen LogP contribution in [0.5, 0.6) is 0 Å². The molecule has 1 amide bonds. The number of amides is 1. The summed E-state index contributed by atoms with van der Waals surface area (Å²) in [4.78, 5) is 31.9. The number of likely N-dealkylation sites (tertiary alicyclic amines) is 2. The first-order chi connectivity index (χ1) is 18.6. The Morgan fingerprint density at radius 3 is 2.53 bits per heavy atom. The van der Waals surface area contributed by atoms with Crippen molar-refractivity contribution in [3.8, 4) is 6.07 Å². The molecule has 1 saturated carbocycles. The van der Waals surface area contributed by atoms with E-state index in [9.17, 15) is 10.1 Å². The van der Waals surface area contributed by atoms with Gasteiger partial charge in [0.25, 0.3) is 5.91 Å². The van der Waals surface area contributed by atoms with E-state index in [1.54, 1.807) is 10.9 Å². The molecule has 0 bridgehead atoms. The highest BCUT2D eigenvalue weighted by molar-refractivity contribution is 5.96. The third kappa shape index (κ3) is 4.96. The highest BCUT2D eigenvalue weighted by Gasteiger charge is 2.33. The van der Waals surface area contributed by atoms with Crippen LogP contribution in [-0.2, 0) is 13.6 Å². The van der Waals surface area contributed by atoms with Crippen molar-refractivity contribution < 1.29 is 4.79 Å². The summed E-state index contributed by atoms with van der Waals surface area (Å²) in [5, 5.41) is 11.4. The van der Waals surface area contributed by atoms with Crippen LogP contribution in [0.4, 0.5) is 5.82 Å². The molecular formula is C28H35N9O. The number of fused-ring (bicyclic) bond motifs is 1. The standard InChI is InChI=1S/C28H35N9O/c1-34-19-30-25-26(34)31-24(15-29)32-27(25)37(22-7-3-2-4-8-22)33-28(38)21-11-9-20(10-12-21)16-35-17-23(18-35)36-13-5-6-14-36/h9-12,19,22-23H,2-8,13-14,16-18H2,1H3,(H,33,38). The Balaban J connectivity index is 1.17. The van der Waals surface area contributed by atoms with E-state index in [2.05, 4.69) is 48.4 Å². The van der Waals surface area contributed by atoms with Crippen molar-refractivity contribution >= 4 is 22.9 Å². The van der Waals surface area contributed by atoms with E-state index < -0.39 is 0 Å². The van der Waals surface area contributed by atoms with E-state index in [0.29, 0.717) is 28.6 Å². The largest absolute Gasteiger partial charge is 0.318 e. The summed E-state index contributed by atoms with van der Waals surface area (Å²) in [6.07, 6.45) is 9.56. The van der Waals surface area contributed by atoms with Crippen molar-refractivity contribution in [2.45, 2.75) is 63.6 Å². The lowest BCUT2D eigenvalue weighted by atomic mass is 9.95. The lowest BCUT2D eigenvalue weighted by Gasteiger charge is -2.44. The monoisotopic (exact) mass is 513 g/mol. The van der Waals surface area contributed by atoms with Crippen LogP contribution in [0, 0.1) is 11.3 Å². The molecule has 3 fully saturated rings. The van der Waals surface area contributed by atoms with Crippen LogP contribution in [0.25, 0.3) is 11.2 Å². The molecule has 6 rings (SSSR count). The number of imidazole rings is 1. The molecule has 3 aromatic rings. The van der Waals surface area contributed by atoms with Gasteiger partial charge in [-0.05, 0) is 56.5 Å². The van der Waals surface area contributed by atoms with Crippen molar-refractivity contribution in [2.24, 2.45) is 7.05 Å². The Morgan fingerprint density at radius 2 is 1.82 bits per heavy atom. The van der Waals surface area contributed by atoms with Crippen molar-refractivity contribution in [2.75, 3.05) is 31.2 Å². The molecule has 1 N–H and O–H groups in total. The average molecular weight is 514 g/mol. The lowest BCUT2D eigenvalue weighted by molar-refractivity contribution is 0.0423. The first-order valence-electron chi connectivity index (χ1n) is 13.8. The number of hydrazine groups is 1. The molecule has 0 radical (unpaired) electrons. The summed E-state index contributed by atoms with van der Waals surface area (Å²) in [6, 6.07) is 10.8. The molecule has 10 heteroatoms. The zero-order chi connectivity index (χ0) is 26.1. The van der Waals surface area contributed by atoms with Gasteiger partial charge >= 0.3 is 0 Å². The van der Waals surface area contributed by atoms with Crippen molar-refractivity contribution in [1.29, 1.82) is 5.26 Å². The summed E-state index contributed by atoms with van der Waals surface area (Å²) >= 11 is 0.